The maximum atomic E-state index is 5.32. The standard InChI is InChI=1S/C8H17NO2/c1-2-7-10-8-11-9-5-3-4-6-9/h2-8H2,1H3. The Morgan fingerprint density at radius 3 is 2.64 bits per heavy atom. The molecular formula is C8H17NO2. The van der Waals surface area contributed by atoms with E-state index in [0.717, 1.165) is 26.1 Å². The maximum absolute atomic E-state index is 5.32. The van der Waals surface area contributed by atoms with Gasteiger partial charge >= 0.3 is 0 Å². The molecule has 0 spiro atoms. The number of hydroxylamine groups is 2. The van der Waals surface area contributed by atoms with E-state index in [-0.39, 0.29) is 0 Å². The normalized spacial score (nSPS) is 19.4. The lowest BCUT2D eigenvalue weighted by Crippen LogP contribution is -2.21. The van der Waals surface area contributed by atoms with Crippen LogP contribution in [0.25, 0.3) is 0 Å². The lowest BCUT2D eigenvalue weighted by atomic mass is 10.4. The summed E-state index contributed by atoms with van der Waals surface area (Å²) in [5.41, 5.74) is 0. The first kappa shape index (κ1) is 8.97. The van der Waals surface area contributed by atoms with E-state index in [0.29, 0.717) is 6.79 Å². The van der Waals surface area contributed by atoms with Crippen LogP contribution in [0.1, 0.15) is 26.2 Å². The molecule has 1 aliphatic heterocycles. The van der Waals surface area contributed by atoms with Crippen LogP contribution in [0.5, 0.6) is 0 Å². The summed E-state index contributed by atoms with van der Waals surface area (Å²) in [4.78, 5) is 5.32. The fourth-order valence-corrected chi connectivity index (χ4v) is 1.13. The molecule has 1 heterocycles. The molecule has 3 nitrogen and oxygen atoms in total. The van der Waals surface area contributed by atoms with Crippen molar-refractivity contribution in [2.24, 2.45) is 0 Å². The van der Waals surface area contributed by atoms with E-state index >= 15 is 0 Å². The molecule has 0 aromatic carbocycles. The Bertz CT molecular complexity index is 92.1. The summed E-state index contributed by atoms with van der Waals surface area (Å²) in [6, 6.07) is 0. The highest BCUT2D eigenvalue weighted by Gasteiger charge is 2.10. The van der Waals surface area contributed by atoms with Gasteiger partial charge in [-0.3, -0.25) is 4.84 Å². The molecular weight excluding hydrogens is 142 g/mol. The van der Waals surface area contributed by atoms with Gasteiger partial charge in [0.05, 0.1) is 0 Å². The Morgan fingerprint density at radius 2 is 2.00 bits per heavy atom. The van der Waals surface area contributed by atoms with E-state index in [4.69, 9.17) is 9.57 Å². The Labute approximate surface area is 68.2 Å². The van der Waals surface area contributed by atoms with Crippen LogP contribution < -0.4 is 0 Å². The summed E-state index contributed by atoms with van der Waals surface area (Å²) in [5, 5.41) is 1.98. The highest BCUT2D eigenvalue weighted by atomic mass is 16.8. The van der Waals surface area contributed by atoms with Crippen LogP contribution in [-0.2, 0) is 9.57 Å². The van der Waals surface area contributed by atoms with Crippen molar-refractivity contribution in [3.05, 3.63) is 0 Å². The van der Waals surface area contributed by atoms with Crippen LogP contribution in [0.3, 0.4) is 0 Å². The minimum absolute atomic E-state index is 0.424. The van der Waals surface area contributed by atoms with Gasteiger partial charge in [-0.2, -0.15) is 5.06 Å². The van der Waals surface area contributed by atoms with Crippen molar-refractivity contribution in [3.8, 4) is 0 Å². The van der Waals surface area contributed by atoms with Crippen molar-refractivity contribution in [1.29, 1.82) is 0 Å². The largest absolute Gasteiger partial charge is 0.353 e. The summed E-state index contributed by atoms with van der Waals surface area (Å²) in [7, 11) is 0. The minimum atomic E-state index is 0.424. The second kappa shape index (κ2) is 5.52. The zero-order chi connectivity index (χ0) is 7.94. The third-order valence-corrected chi connectivity index (χ3v) is 1.73. The van der Waals surface area contributed by atoms with Gasteiger partial charge in [-0.15, -0.1) is 0 Å². The second-order valence-electron chi connectivity index (χ2n) is 2.79. The molecule has 0 atom stereocenters. The molecule has 11 heavy (non-hydrogen) atoms. The zero-order valence-electron chi connectivity index (χ0n) is 7.21. The summed E-state index contributed by atoms with van der Waals surface area (Å²) < 4.78 is 5.18. The van der Waals surface area contributed by atoms with E-state index in [2.05, 4.69) is 6.92 Å². The smallest absolute Gasteiger partial charge is 0.167 e. The van der Waals surface area contributed by atoms with Crippen LogP contribution in [-0.4, -0.2) is 31.6 Å². The van der Waals surface area contributed by atoms with Crippen molar-refractivity contribution in [2.75, 3.05) is 26.5 Å². The van der Waals surface area contributed by atoms with E-state index < -0.39 is 0 Å². The molecule has 1 rings (SSSR count). The Morgan fingerprint density at radius 1 is 1.27 bits per heavy atom. The predicted octanol–water partition coefficient (Wildman–Crippen LogP) is 1.40. The summed E-state index contributed by atoms with van der Waals surface area (Å²) in [6.45, 7) is 5.45. The van der Waals surface area contributed by atoms with Gasteiger partial charge < -0.3 is 4.74 Å². The van der Waals surface area contributed by atoms with Gasteiger partial charge in [-0.1, -0.05) is 6.92 Å². The topological polar surface area (TPSA) is 21.7 Å². The number of rotatable bonds is 5. The lowest BCUT2D eigenvalue weighted by molar-refractivity contribution is -0.213. The molecule has 0 N–H and O–H groups in total. The number of hydrogen-bond acceptors (Lipinski definition) is 3. The molecule has 0 aromatic rings. The fourth-order valence-electron chi connectivity index (χ4n) is 1.13. The third kappa shape index (κ3) is 3.70. The second-order valence-corrected chi connectivity index (χ2v) is 2.79. The van der Waals surface area contributed by atoms with Gasteiger partial charge in [0.25, 0.3) is 0 Å². The predicted molar refractivity (Wildman–Crippen MR) is 43.0 cm³/mol. The molecule has 0 radical (unpaired) electrons. The molecule has 0 bridgehead atoms. The van der Waals surface area contributed by atoms with Crippen molar-refractivity contribution >= 4 is 0 Å². The Kier molecular flexibility index (Phi) is 4.50. The van der Waals surface area contributed by atoms with Crippen molar-refractivity contribution in [2.45, 2.75) is 26.2 Å². The van der Waals surface area contributed by atoms with E-state index in [9.17, 15) is 0 Å². The van der Waals surface area contributed by atoms with Crippen LogP contribution in [0, 0.1) is 0 Å². The van der Waals surface area contributed by atoms with Gasteiger partial charge in [-0.25, -0.2) is 0 Å². The Hall–Kier alpha value is -0.120. The van der Waals surface area contributed by atoms with Crippen LogP contribution in [0.2, 0.25) is 0 Å². The first-order chi connectivity index (χ1) is 5.43. The van der Waals surface area contributed by atoms with Gasteiger partial charge in [0.1, 0.15) is 0 Å². The quantitative estimate of drug-likeness (QED) is 0.447. The minimum Gasteiger partial charge on any atom is -0.353 e. The molecule has 0 unspecified atom stereocenters. The molecule has 1 aliphatic rings. The zero-order valence-corrected chi connectivity index (χ0v) is 7.21. The third-order valence-electron chi connectivity index (χ3n) is 1.73. The molecule has 0 aliphatic carbocycles. The summed E-state index contributed by atoms with van der Waals surface area (Å²) in [6.07, 6.45) is 3.57. The molecule has 0 aromatic heterocycles. The van der Waals surface area contributed by atoms with Crippen molar-refractivity contribution < 1.29 is 9.57 Å². The molecule has 1 saturated heterocycles. The van der Waals surface area contributed by atoms with Gasteiger partial charge in [0.15, 0.2) is 6.79 Å². The maximum Gasteiger partial charge on any atom is 0.167 e. The Balaban J connectivity index is 1.86. The highest BCUT2D eigenvalue weighted by molar-refractivity contribution is 4.56. The van der Waals surface area contributed by atoms with Gasteiger partial charge in [0, 0.05) is 19.7 Å². The van der Waals surface area contributed by atoms with Crippen molar-refractivity contribution in [3.63, 3.8) is 0 Å². The molecule has 66 valence electrons. The fraction of sp³-hybridized carbons (Fsp3) is 1.00. The lowest BCUT2D eigenvalue weighted by Gasteiger charge is -2.13. The van der Waals surface area contributed by atoms with Gasteiger partial charge in [0.2, 0.25) is 0 Å². The number of hydrogen-bond donors (Lipinski definition) is 0. The monoisotopic (exact) mass is 159 g/mol. The average molecular weight is 159 g/mol. The van der Waals surface area contributed by atoms with Crippen LogP contribution in [0.4, 0.5) is 0 Å². The SMILES string of the molecule is CCCOCON1CCCC1. The number of ether oxygens (including phenoxy) is 1. The van der Waals surface area contributed by atoms with E-state index in [1.807, 2.05) is 5.06 Å². The number of nitrogens with zero attached hydrogens (tertiary/aromatic N) is 1. The first-order valence-corrected chi connectivity index (χ1v) is 4.39. The van der Waals surface area contributed by atoms with Crippen LogP contribution in [0.15, 0.2) is 0 Å². The van der Waals surface area contributed by atoms with E-state index in [1.54, 1.807) is 0 Å². The van der Waals surface area contributed by atoms with Crippen LogP contribution >= 0.6 is 0 Å². The molecule has 1 fully saturated rings. The van der Waals surface area contributed by atoms with Gasteiger partial charge in [-0.05, 0) is 19.3 Å². The molecule has 3 heteroatoms. The summed E-state index contributed by atoms with van der Waals surface area (Å²) >= 11 is 0. The van der Waals surface area contributed by atoms with Crippen molar-refractivity contribution in [1.82, 2.24) is 5.06 Å². The molecule has 0 amide bonds. The first-order valence-electron chi connectivity index (χ1n) is 4.39. The van der Waals surface area contributed by atoms with E-state index in [1.165, 1.54) is 12.8 Å². The average Bonchev–Trinajstić information content (AvgIpc) is 2.50. The summed E-state index contributed by atoms with van der Waals surface area (Å²) in [5.74, 6) is 0. The molecule has 0 saturated carbocycles. The highest BCUT2D eigenvalue weighted by Crippen LogP contribution is 2.06.